The summed E-state index contributed by atoms with van der Waals surface area (Å²) in [5.74, 6) is 0.318. The van der Waals surface area contributed by atoms with Gasteiger partial charge in [-0.1, -0.05) is 30.3 Å². The van der Waals surface area contributed by atoms with Crippen LogP contribution in [-0.4, -0.2) is 34.5 Å². The van der Waals surface area contributed by atoms with Crippen molar-refractivity contribution < 1.29 is 22.1 Å². The van der Waals surface area contributed by atoms with Crippen LogP contribution in [0.5, 0.6) is 0 Å². The summed E-state index contributed by atoms with van der Waals surface area (Å²) in [4.78, 5) is 0. The number of hydrogen-bond acceptors (Lipinski definition) is 5. The molecule has 1 saturated carbocycles. The molecule has 6 heteroatoms. The molecule has 0 bridgehead atoms. The van der Waals surface area contributed by atoms with E-state index in [1.165, 1.54) is 0 Å². The molecule has 20 heavy (non-hydrogen) atoms. The molecule has 0 amide bonds. The van der Waals surface area contributed by atoms with Crippen LogP contribution in [0.15, 0.2) is 30.3 Å². The highest BCUT2D eigenvalue weighted by Crippen LogP contribution is 2.55. The second kappa shape index (κ2) is 5.11. The van der Waals surface area contributed by atoms with Gasteiger partial charge in [-0.25, -0.2) is 0 Å². The van der Waals surface area contributed by atoms with Crippen molar-refractivity contribution in [1.29, 1.82) is 0 Å². The molecule has 5 nitrogen and oxygen atoms in total. The first kappa shape index (κ1) is 14.0. The fourth-order valence-electron chi connectivity index (χ4n) is 2.58. The Morgan fingerprint density at radius 3 is 2.75 bits per heavy atom. The van der Waals surface area contributed by atoms with Gasteiger partial charge in [-0.15, -0.1) is 0 Å². The summed E-state index contributed by atoms with van der Waals surface area (Å²) in [7, 11) is -3.41. The van der Waals surface area contributed by atoms with Gasteiger partial charge in [0, 0.05) is 11.0 Å². The van der Waals surface area contributed by atoms with E-state index >= 15 is 0 Å². The SMILES string of the molecule is CS(=O)(=O)OC[C@@]12COC(c3ccccc3)OC[C@@H]1C2. The highest BCUT2D eigenvalue weighted by atomic mass is 32.2. The fraction of sp³-hybridized carbons (Fsp3) is 0.571. The molecule has 0 aromatic heterocycles. The highest BCUT2D eigenvalue weighted by molar-refractivity contribution is 7.85. The predicted molar refractivity (Wildman–Crippen MR) is 72.4 cm³/mol. The summed E-state index contributed by atoms with van der Waals surface area (Å²) in [6, 6.07) is 9.74. The Balaban J connectivity index is 1.64. The third-order valence-electron chi connectivity index (χ3n) is 3.96. The molecule has 110 valence electrons. The van der Waals surface area contributed by atoms with E-state index in [1.807, 2.05) is 30.3 Å². The average molecular weight is 298 g/mol. The molecular formula is C14H18O5S. The molecule has 0 N–H and O–H groups in total. The minimum Gasteiger partial charge on any atom is -0.348 e. The van der Waals surface area contributed by atoms with Gasteiger partial charge in [0.05, 0.1) is 26.1 Å². The minimum absolute atomic E-state index is 0.182. The molecule has 1 saturated heterocycles. The lowest BCUT2D eigenvalue weighted by atomic mass is 10.1. The third kappa shape index (κ3) is 3.03. The molecule has 0 radical (unpaired) electrons. The van der Waals surface area contributed by atoms with Gasteiger partial charge < -0.3 is 9.47 Å². The first-order valence-electron chi connectivity index (χ1n) is 6.61. The molecular weight excluding hydrogens is 280 g/mol. The molecule has 1 unspecified atom stereocenters. The third-order valence-corrected chi connectivity index (χ3v) is 4.51. The van der Waals surface area contributed by atoms with Crippen LogP contribution in [0.3, 0.4) is 0 Å². The molecule has 2 fully saturated rings. The van der Waals surface area contributed by atoms with Gasteiger partial charge in [0.1, 0.15) is 0 Å². The van der Waals surface area contributed by atoms with Crippen LogP contribution in [-0.2, 0) is 23.8 Å². The zero-order chi connectivity index (χ0) is 14.2. The van der Waals surface area contributed by atoms with Crippen LogP contribution < -0.4 is 0 Å². The lowest BCUT2D eigenvalue weighted by molar-refractivity contribution is -0.142. The van der Waals surface area contributed by atoms with Crippen molar-refractivity contribution in [3.63, 3.8) is 0 Å². The van der Waals surface area contributed by atoms with Crippen LogP contribution in [0, 0.1) is 11.3 Å². The topological polar surface area (TPSA) is 61.8 Å². The fourth-order valence-corrected chi connectivity index (χ4v) is 3.03. The molecule has 3 rings (SSSR count). The van der Waals surface area contributed by atoms with Gasteiger partial charge in [-0.3, -0.25) is 4.18 Å². The predicted octanol–water partition coefficient (Wildman–Crippen LogP) is 1.71. The van der Waals surface area contributed by atoms with E-state index in [2.05, 4.69) is 0 Å². The van der Waals surface area contributed by atoms with Gasteiger partial charge in [0.2, 0.25) is 0 Å². The van der Waals surface area contributed by atoms with Gasteiger partial charge >= 0.3 is 0 Å². The molecule has 3 atom stereocenters. The Bertz CT molecular complexity index is 570. The summed E-state index contributed by atoms with van der Waals surface area (Å²) in [5, 5.41) is 0. The van der Waals surface area contributed by atoms with Crippen LogP contribution in [0.1, 0.15) is 18.3 Å². The van der Waals surface area contributed by atoms with Gasteiger partial charge in [0.25, 0.3) is 10.1 Å². The van der Waals surface area contributed by atoms with Crippen molar-refractivity contribution in [1.82, 2.24) is 0 Å². The standard InChI is InChI=1S/C14H18O5S/c1-20(15,16)19-10-14-7-12(14)8-17-13(18-9-14)11-5-3-2-4-6-11/h2-6,12-13H,7-10H2,1H3/t12-,13?,14+/m0/s1. The van der Waals surface area contributed by atoms with Crippen molar-refractivity contribution in [3.8, 4) is 0 Å². The zero-order valence-electron chi connectivity index (χ0n) is 11.3. The molecule has 1 heterocycles. The summed E-state index contributed by atoms with van der Waals surface area (Å²) in [6.07, 6.45) is 1.59. The van der Waals surface area contributed by atoms with E-state index < -0.39 is 10.1 Å². The minimum atomic E-state index is -3.41. The quantitative estimate of drug-likeness (QED) is 0.792. The summed E-state index contributed by atoms with van der Waals surface area (Å²) >= 11 is 0. The van der Waals surface area contributed by atoms with E-state index in [-0.39, 0.29) is 18.3 Å². The van der Waals surface area contributed by atoms with Crippen molar-refractivity contribution in [2.75, 3.05) is 26.1 Å². The molecule has 1 aliphatic heterocycles. The van der Waals surface area contributed by atoms with Crippen LogP contribution in [0.4, 0.5) is 0 Å². The first-order valence-corrected chi connectivity index (χ1v) is 8.43. The maximum atomic E-state index is 11.1. The number of rotatable bonds is 4. The lowest BCUT2D eigenvalue weighted by Gasteiger charge is -2.18. The normalized spacial score (nSPS) is 33.2. The van der Waals surface area contributed by atoms with Crippen LogP contribution in [0.25, 0.3) is 0 Å². The zero-order valence-corrected chi connectivity index (χ0v) is 12.1. The van der Waals surface area contributed by atoms with Gasteiger partial charge in [0.15, 0.2) is 6.29 Å². The Morgan fingerprint density at radius 1 is 1.30 bits per heavy atom. The lowest BCUT2D eigenvalue weighted by Crippen LogP contribution is -2.21. The highest BCUT2D eigenvalue weighted by Gasteiger charge is 2.57. The van der Waals surface area contributed by atoms with E-state index in [0.29, 0.717) is 19.1 Å². The molecule has 0 spiro atoms. The van der Waals surface area contributed by atoms with Crippen molar-refractivity contribution in [2.24, 2.45) is 11.3 Å². The monoisotopic (exact) mass is 298 g/mol. The Kier molecular flexibility index (Phi) is 3.58. The van der Waals surface area contributed by atoms with E-state index in [0.717, 1.165) is 18.2 Å². The molecule has 1 aromatic rings. The largest absolute Gasteiger partial charge is 0.348 e. The van der Waals surface area contributed by atoms with E-state index in [1.54, 1.807) is 0 Å². The van der Waals surface area contributed by atoms with E-state index in [4.69, 9.17) is 13.7 Å². The molecule has 1 aromatic carbocycles. The number of hydrogen-bond donors (Lipinski definition) is 0. The Hall–Kier alpha value is -0.950. The average Bonchev–Trinajstić information content (AvgIpc) is 3.11. The summed E-state index contributed by atoms with van der Waals surface area (Å²) in [6.45, 7) is 1.22. The first-order chi connectivity index (χ1) is 9.49. The second-order valence-corrected chi connectivity index (χ2v) is 7.26. The number of benzene rings is 1. The number of fused-ring (bicyclic) bond motifs is 1. The van der Waals surface area contributed by atoms with Crippen molar-refractivity contribution in [2.45, 2.75) is 12.7 Å². The van der Waals surface area contributed by atoms with Crippen molar-refractivity contribution >= 4 is 10.1 Å². The van der Waals surface area contributed by atoms with Crippen LogP contribution >= 0.6 is 0 Å². The number of ether oxygens (including phenoxy) is 2. The maximum Gasteiger partial charge on any atom is 0.264 e. The van der Waals surface area contributed by atoms with E-state index in [9.17, 15) is 8.42 Å². The van der Waals surface area contributed by atoms with Crippen molar-refractivity contribution in [3.05, 3.63) is 35.9 Å². The second-order valence-electron chi connectivity index (χ2n) is 5.62. The van der Waals surface area contributed by atoms with Crippen LogP contribution in [0.2, 0.25) is 0 Å². The Morgan fingerprint density at radius 2 is 2.05 bits per heavy atom. The Labute approximate surface area is 119 Å². The smallest absolute Gasteiger partial charge is 0.264 e. The summed E-state index contributed by atoms with van der Waals surface area (Å²) < 4.78 is 38.8. The molecule has 1 aliphatic carbocycles. The summed E-state index contributed by atoms with van der Waals surface area (Å²) in [5.41, 5.74) is 0.778. The maximum absolute atomic E-state index is 11.1. The van der Waals surface area contributed by atoms with Gasteiger partial charge in [-0.2, -0.15) is 8.42 Å². The molecule has 2 aliphatic rings. The van der Waals surface area contributed by atoms with Gasteiger partial charge in [-0.05, 0) is 12.3 Å².